The van der Waals surface area contributed by atoms with Crippen LogP contribution in [0.1, 0.15) is 0 Å². The molecule has 0 aliphatic carbocycles. The lowest BCUT2D eigenvalue weighted by atomic mass is 10.1. The highest BCUT2D eigenvalue weighted by Crippen LogP contribution is 2.30. The van der Waals surface area contributed by atoms with E-state index in [-0.39, 0.29) is 0 Å². The molecule has 1 aromatic heterocycles. The minimum absolute atomic E-state index is 1.01. The normalized spacial score (nSPS) is 10.4. The summed E-state index contributed by atoms with van der Waals surface area (Å²) in [5, 5.41) is 0. The molecule has 20 heavy (non-hydrogen) atoms. The van der Waals surface area contributed by atoms with E-state index < -0.39 is 0 Å². The van der Waals surface area contributed by atoms with E-state index in [1.165, 1.54) is 9.79 Å². The van der Waals surface area contributed by atoms with Crippen molar-refractivity contribution >= 4 is 27.7 Å². The number of benzene rings is 2. The Morgan fingerprint density at radius 1 is 0.750 bits per heavy atom. The average Bonchev–Trinajstić information content (AvgIpc) is 2.51. The van der Waals surface area contributed by atoms with Crippen LogP contribution in [0.5, 0.6) is 0 Å². The Morgan fingerprint density at radius 2 is 1.40 bits per heavy atom. The van der Waals surface area contributed by atoms with E-state index in [1.807, 2.05) is 24.4 Å². The zero-order valence-corrected chi connectivity index (χ0v) is 13.1. The monoisotopic (exact) mass is 341 g/mol. The van der Waals surface area contributed by atoms with Gasteiger partial charge in [0, 0.05) is 26.0 Å². The number of rotatable bonds is 3. The van der Waals surface area contributed by atoms with Crippen molar-refractivity contribution in [3.63, 3.8) is 0 Å². The lowest BCUT2D eigenvalue weighted by molar-refractivity contribution is 1.31. The predicted molar refractivity (Wildman–Crippen MR) is 87.9 cm³/mol. The third-order valence-corrected chi connectivity index (χ3v) is 4.41. The SMILES string of the molecule is Brc1ccc(Sc2ccc(-c3ccccn3)cc2)cc1. The van der Waals surface area contributed by atoms with E-state index in [1.54, 1.807) is 11.8 Å². The third kappa shape index (κ3) is 3.30. The standard InChI is InChI=1S/C17H12BrNS/c18-14-6-10-16(11-7-14)20-15-8-4-13(5-9-15)17-3-1-2-12-19-17/h1-12H. The summed E-state index contributed by atoms with van der Waals surface area (Å²) >= 11 is 5.21. The van der Waals surface area contributed by atoms with E-state index in [2.05, 4.69) is 69.4 Å². The maximum Gasteiger partial charge on any atom is 0.0701 e. The minimum atomic E-state index is 1.01. The van der Waals surface area contributed by atoms with E-state index in [0.717, 1.165) is 15.7 Å². The first kappa shape index (κ1) is 13.4. The summed E-state index contributed by atoms with van der Waals surface area (Å²) < 4.78 is 1.10. The van der Waals surface area contributed by atoms with Gasteiger partial charge in [0.1, 0.15) is 0 Å². The summed E-state index contributed by atoms with van der Waals surface area (Å²) in [6.45, 7) is 0. The fraction of sp³-hybridized carbons (Fsp3) is 0. The molecule has 3 aromatic rings. The van der Waals surface area contributed by atoms with Crippen LogP contribution in [0.25, 0.3) is 11.3 Å². The molecule has 0 radical (unpaired) electrons. The quantitative estimate of drug-likeness (QED) is 0.609. The van der Waals surface area contributed by atoms with Crippen LogP contribution < -0.4 is 0 Å². The van der Waals surface area contributed by atoms with E-state index in [0.29, 0.717) is 0 Å². The van der Waals surface area contributed by atoms with Crippen molar-refractivity contribution < 1.29 is 0 Å². The second kappa shape index (κ2) is 6.25. The summed E-state index contributed by atoms with van der Waals surface area (Å²) in [5.41, 5.74) is 2.15. The van der Waals surface area contributed by atoms with E-state index >= 15 is 0 Å². The molecule has 2 aromatic carbocycles. The maximum absolute atomic E-state index is 4.36. The van der Waals surface area contributed by atoms with Gasteiger partial charge in [-0.25, -0.2) is 0 Å². The van der Waals surface area contributed by atoms with Crippen molar-refractivity contribution in [1.82, 2.24) is 4.98 Å². The van der Waals surface area contributed by atoms with Gasteiger partial charge in [-0.2, -0.15) is 0 Å². The zero-order chi connectivity index (χ0) is 13.8. The summed E-state index contributed by atoms with van der Waals surface area (Å²) in [6, 6.07) is 22.8. The van der Waals surface area contributed by atoms with Crippen LogP contribution in [0.3, 0.4) is 0 Å². The zero-order valence-electron chi connectivity index (χ0n) is 10.7. The van der Waals surface area contributed by atoms with Gasteiger partial charge in [0.15, 0.2) is 0 Å². The average molecular weight is 342 g/mol. The molecule has 1 heterocycles. The lowest BCUT2D eigenvalue weighted by Gasteiger charge is -2.04. The molecule has 0 atom stereocenters. The predicted octanol–water partition coefficient (Wildman–Crippen LogP) is 5.66. The van der Waals surface area contributed by atoms with Crippen molar-refractivity contribution in [2.24, 2.45) is 0 Å². The fourth-order valence-corrected chi connectivity index (χ4v) is 2.95. The Kier molecular flexibility index (Phi) is 4.19. The highest BCUT2D eigenvalue weighted by Gasteiger charge is 2.00. The van der Waals surface area contributed by atoms with E-state index in [4.69, 9.17) is 0 Å². The van der Waals surface area contributed by atoms with Crippen LogP contribution >= 0.6 is 27.7 Å². The molecule has 0 aliphatic rings. The molecule has 3 heteroatoms. The van der Waals surface area contributed by atoms with Gasteiger partial charge in [0.25, 0.3) is 0 Å². The van der Waals surface area contributed by atoms with Crippen molar-refractivity contribution in [3.8, 4) is 11.3 Å². The van der Waals surface area contributed by atoms with Crippen LogP contribution in [0.15, 0.2) is 87.2 Å². The molecule has 0 N–H and O–H groups in total. The molecule has 3 rings (SSSR count). The topological polar surface area (TPSA) is 12.9 Å². The largest absolute Gasteiger partial charge is 0.256 e. The molecule has 0 saturated heterocycles. The maximum atomic E-state index is 4.36. The van der Waals surface area contributed by atoms with Crippen LogP contribution in [0, 0.1) is 0 Å². The molecule has 0 fully saturated rings. The number of aromatic nitrogens is 1. The second-order valence-electron chi connectivity index (χ2n) is 4.30. The van der Waals surface area contributed by atoms with Gasteiger partial charge < -0.3 is 0 Å². The van der Waals surface area contributed by atoms with Gasteiger partial charge in [-0.05, 0) is 48.5 Å². The van der Waals surface area contributed by atoms with Gasteiger partial charge in [0.2, 0.25) is 0 Å². The van der Waals surface area contributed by atoms with Gasteiger partial charge in [-0.15, -0.1) is 0 Å². The Hall–Kier alpha value is -1.58. The molecule has 0 unspecified atom stereocenters. The van der Waals surface area contributed by atoms with Crippen molar-refractivity contribution in [1.29, 1.82) is 0 Å². The van der Waals surface area contributed by atoms with Gasteiger partial charge >= 0.3 is 0 Å². The number of pyridine rings is 1. The third-order valence-electron chi connectivity index (χ3n) is 2.86. The van der Waals surface area contributed by atoms with Crippen molar-refractivity contribution in [3.05, 3.63) is 77.4 Å². The Bertz CT molecular complexity index is 678. The van der Waals surface area contributed by atoms with Gasteiger partial charge in [-0.3, -0.25) is 4.98 Å². The molecular formula is C17H12BrNS. The fourth-order valence-electron chi connectivity index (χ4n) is 1.87. The molecule has 98 valence electrons. The van der Waals surface area contributed by atoms with Gasteiger partial charge in [0.05, 0.1) is 5.69 Å². The van der Waals surface area contributed by atoms with Crippen LogP contribution in [-0.2, 0) is 0 Å². The second-order valence-corrected chi connectivity index (χ2v) is 6.36. The minimum Gasteiger partial charge on any atom is -0.256 e. The summed E-state index contributed by atoms with van der Waals surface area (Å²) in [4.78, 5) is 6.82. The van der Waals surface area contributed by atoms with Crippen molar-refractivity contribution in [2.75, 3.05) is 0 Å². The smallest absolute Gasteiger partial charge is 0.0701 e. The van der Waals surface area contributed by atoms with E-state index in [9.17, 15) is 0 Å². The highest BCUT2D eigenvalue weighted by atomic mass is 79.9. The van der Waals surface area contributed by atoms with Crippen molar-refractivity contribution in [2.45, 2.75) is 9.79 Å². The first-order valence-corrected chi connectivity index (χ1v) is 7.87. The molecular weight excluding hydrogens is 330 g/mol. The lowest BCUT2D eigenvalue weighted by Crippen LogP contribution is -1.81. The number of hydrogen-bond acceptors (Lipinski definition) is 2. The summed E-state index contributed by atoms with van der Waals surface area (Å²) in [6.07, 6.45) is 1.82. The molecule has 0 amide bonds. The van der Waals surface area contributed by atoms with Gasteiger partial charge in [-0.1, -0.05) is 45.9 Å². The summed E-state index contributed by atoms with van der Waals surface area (Å²) in [5.74, 6) is 0. The molecule has 1 nitrogen and oxygen atoms in total. The number of hydrogen-bond donors (Lipinski definition) is 0. The first-order chi connectivity index (χ1) is 9.81. The van der Waals surface area contributed by atoms with Crippen LogP contribution in [0.4, 0.5) is 0 Å². The van der Waals surface area contributed by atoms with Crippen LogP contribution in [0.2, 0.25) is 0 Å². The van der Waals surface area contributed by atoms with Crippen LogP contribution in [-0.4, -0.2) is 4.98 Å². The Morgan fingerprint density at radius 3 is 2.00 bits per heavy atom. The molecule has 0 bridgehead atoms. The molecule has 0 aliphatic heterocycles. The Balaban J connectivity index is 1.78. The summed E-state index contributed by atoms with van der Waals surface area (Å²) in [7, 11) is 0. The number of halogens is 1. The Labute approximate surface area is 131 Å². The molecule has 0 spiro atoms. The number of nitrogens with zero attached hydrogens (tertiary/aromatic N) is 1. The first-order valence-electron chi connectivity index (χ1n) is 6.26. The highest BCUT2D eigenvalue weighted by molar-refractivity contribution is 9.10. The molecule has 0 saturated carbocycles.